The highest BCUT2D eigenvalue weighted by molar-refractivity contribution is 5.58. The molecule has 3 rings (SSSR count). The van der Waals surface area contributed by atoms with Gasteiger partial charge in [-0.25, -0.2) is 14.4 Å². The summed E-state index contributed by atoms with van der Waals surface area (Å²) in [6.45, 7) is 0. The van der Waals surface area contributed by atoms with Crippen LogP contribution in [0.4, 0.5) is 4.39 Å². The quantitative estimate of drug-likeness (QED) is 0.797. The third-order valence-corrected chi connectivity index (χ3v) is 3.15. The molecule has 0 saturated carbocycles. The molecule has 0 aliphatic heterocycles. The first-order chi connectivity index (χ1) is 10.2. The number of hydrogen-bond donors (Lipinski definition) is 1. The highest BCUT2D eigenvalue weighted by Crippen LogP contribution is 2.22. The van der Waals surface area contributed by atoms with E-state index in [9.17, 15) is 9.50 Å². The molecule has 1 N–H and O–H groups in total. The van der Waals surface area contributed by atoms with Gasteiger partial charge < -0.3 is 5.11 Å². The van der Waals surface area contributed by atoms with E-state index in [1.807, 2.05) is 30.3 Å². The van der Waals surface area contributed by atoms with Crippen molar-refractivity contribution in [3.05, 3.63) is 77.9 Å². The molecule has 3 nitrogen and oxygen atoms in total. The fourth-order valence-electron chi connectivity index (χ4n) is 2.13. The highest BCUT2D eigenvalue weighted by Gasteiger charge is 2.09. The minimum atomic E-state index is -0.306. The lowest BCUT2D eigenvalue weighted by atomic mass is 10.1. The Bertz CT molecular complexity index is 760. The molecular weight excluding hydrogens is 267 g/mol. The standard InChI is InChI=1S/C17H13FN2O/c18-14-8-4-5-12(9-14)10-15-17(21)19-11-16(20-15)13-6-2-1-3-7-13/h1-9,11H,10H2,(H,19,21). The number of nitrogens with zero attached hydrogens (tertiary/aromatic N) is 2. The van der Waals surface area contributed by atoms with E-state index < -0.39 is 0 Å². The molecule has 0 bridgehead atoms. The van der Waals surface area contributed by atoms with Gasteiger partial charge in [-0.1, -0.05) is 42.5 Å². The normalized spacial score (nSPS) is 10.5. The molecule has 0 unspecified atom stereocenters. The summed E-state index contributed by atoms with van der Waals surface area (Å²) in [5.74, 6) is -0.432. The van der Waals surface area contributed by atoms with Crippen molar-refractivity contribution >= 4 is 0 Å². The van der Waals surface area contributed by atoms with Gasteiger partial charge in [0, 0.05) is 12.0 Å². The first-order valence-corrected chi connectivity index (χ1v) is 6.57. The van der Waals surface area contributed by atoms with Crippen molar-refractivity contribution in [2.24, 2.45) is 0 Å². The van der Waals surface area contributed by atoms with Crippen LogP contribution in [0.2, 0.25) is 0 Å². The van der Waals surface area contributed by atoms with Gasteiger partial charge in [-0.3, -0.25) is 0 Å². The number of halogens is 1. The summed E-state index contributed by atoms with van der Waals surface area (Å²) in [6.07, 6.45) is 1.86. The number of rotatable bonds is 3. The van der Waals surface area contributed by atoms with Crippen molar-refractivity contribution in [3.63, 3.8) is 0 Å². The lowest BCUT2D eigenvalue weighted by Gasteiger charge is -2.06. The zero-order valence-electron chi connectivity index (χ0n) is 11.2. The lowest BCUT2D eigenvalue weighted by Crippen LogP contribution is -1.97. The molecule has 4 heteroatoms. The Balaban J connectivity index is 1.95. The summed E-state index contributed by atoms with van der Waals surface area (Å²) in [5.41, 5.74) is 2.78. The van der Waals surface area contributed by atoms with Crippen molar-refractivity contribution in [1.82, 2.24) is 9.97 Å². The monoisotopic (exact) mass is 280 g/mol. The van der Waals surface area contributed by atoms with E-state index in [-0.39, 0.29) is 11.7 Å². The molecule has 3 aromatic rings. The van der Waals surface area contributed by atoms with Crippen molar-refractivity contribution < 1.29 is 9.50 Å². The molecule has 0 radical (unpaired) electrons. The van der Waals surface area contributed by atoms with Crippen LogP contribution in [0.5, 0.6) is 5.88 Å². The topological polar surface area (TPSA) is 46.0 Å². The van der Waals surface area contributed by atoms with Crippen molar-refractivity contribution in [2.75, 3.05) is 0 Å². The van der Waals surface area contributed by atoms with Crippen LogP contribution in [0.3, 0.4) is 0 Å². The average Bonchev–Trinajstić information content (AvgIpc) is 2.50. The SMILES string of the molecule is Oc1ncc(-c2ccccc2)nc1Cc1cccc(F)c1. The van der Waals surface area contributed by atoms with Gasteiger partial charge in [0.2, 0.25) is 5.88 Å². The van der Waals surface area contributed by atoms with Gasteiger partial charge >= 0.3 is 0 Å². The third kappa shape index (κ3) is 3.05. The fourth-order valence-corrected chi connectivity index (χ4v) is 2.13. The maximum absolute atomic E-state index is 13.2. The summed E-state index contributed by atoms with van der Waals surface area (Å²) in [5, 5.41) is 9.85. The molecule has 104 valence electrons. The Morgan fingerprint density at radius 1 is 1.00 bits per heavy atom. The zero-order valence-corrected chi connectivity index (χ0v) is 11.2. The highest BCUT2D eigenvalue weighted by atomic mass is 19.1. The first kappa shape index (κ1) is 13.2. The third-order valence-electron chi connectivity index (χ3n) is 3.15. The van der Waals surface area contributed by atoms with Gasteiger partial charge in [-0.2, -0.15) is 0 Å². The van der Waals surface area contributed by atoms with E-state index in [0.29, 0.717) is 17.8 Å². The molecule has 1 aromatic heterocycles. The summed E-state index contributed by atoms with van der Waals surface area (Å²) in [4.78, 5) is 8.41. The molecule has 0 amide bonds. The van der Waals surface area contributed by atoms with Gasteiger partial charge in [0.25, 0.3) is 0 Å². The number of hydrogen-bond acceptors (Lipinski definition) is 3. The predicted molar refractivity (Wildman–Crippen MR) is 78.3 cm³/mol. The van der Waals surface area contributed by atoms with Crippen LogP contribution < -0.4 is 0 Å². The van der Waals surface area contributed by atoms with Crippen LogP contribution in [0.25, 0.3) is 11.3 Å². The van der Waals surface area contributed by atoms with Crippen molar-refractivity contribution in [2.45, 2.75) is 6.42 Å². The van der Waals surface area contributed by atoms with Crippen molar-refractivity contribution in [1.29, 1.82) is 0 Å². The van der Waals surface area contributed by atoms with Crippen LogP contribution in [0, 0.1) is 5.82 Å². The maximum atomic E-state index is 13.2. The second-order valence-corrected chi connectivity index (χ2v) is 4.70. The smallest absolute Gasteiger partial charge is 0.233 e. The van der Waals surface area contributed by atoms with Gasteiger partial charge in [0.15, 0.2) is 0 Å². The molecule has 0 aliphatic carbocycles. The van der Waals surface area contributed by atoms with Crippen molar-refractivity contribution in [3.8, 4) is 17.1 Å². The fraction of sp³-hybridized carbons (Fsp3) is 0.0588. The zero-order chi connectivity index (χ0) is 14.7. The van der Waals surface area contributed by atoms with Gasteiger partial charge in [-0.15, -0.1) is 0 Å². The van der Waals surface area contributed by atoms with E-state index in [1.54, 1.807) is 12.1 Å². The number of benzene rings is 2. The second kappa shape index (κ2) is 5.71. The van der Waals surface area contributed by atoms with E-state index >= 15 is 0 Å². The van der Waals surface area contributed by atoms with Crippen LogP contribution >= 0.6 is 0 Å². The van der Waals surface area contributed by atoms with Crippen LogP contribution in [-0.2, 0) is 6.42 Å². The Morgan fingerprint density at radius 2 is 1.81 bits per heavy atom. The summed E-state index contributed by atoms with van der Waals surface area (Å²) in [7, 11) is 0. The molecule has 0 spiro atoms. The minimum absolute atomic E-state index is 0.126. The largest absolute Gasteiger partial charge is 0.492 e. The Labute approximate surface area is 121 Å². The lowest BCUT2D eigenvalue weighted by molar-refractivity contribution is 0.443. The first-order valence-electron chi connectivity index (χ1n) is 6.57. The van der Waals surface area contributed by atoms with Gasteiger partial charge in [0.1, 0.15) is 11.5 Å². The predicted octanol–water partition coefficient (Wildman–Crippen LogP) is 3.58. The molecule has 0 atom stereocenters. The number of aromatic hydroxyl groups is 1. The molecule has 1 heterocycles. The summed E-state index contributed by atoms with van der Waals surface area (Å²) >= 11 is 0. The molecule has 0 aliphatic rings. The van der Waals surface area contributed by atoms with Crippen LogP contribution in [-0.4, -0.2) is 15.1 Å². The summed E-state index contributed by atoms with van der Waals surface area (Å²) in [6, 6.07) is 15.8. The van der Waals surface area contributed by atoms with E-state index in [1.165, 1.54) is 18.3 Å². The van der Waals surface area contributed by atoms with E-state index in [0.717, 1.165) is 11.1 Å². The molecule has 0 saturated heterocycles. The molecule has 0 fully saturated rings. The molecule has 21 heavy (non-hydrogen) atoms. The Morgan fingerprint density at radius 3 is 2.57 bits per heavy atom. The van der Waals surface area contributed by atoms with Gasteiger partial charge in [-0.05, 0) is 17.7 Å². The number of aromatic nitrogens is 2. The molecule has 2 aromatic carbocycles. The minimum Gasteiger partial charge on any atom is -0.492 e. The Kier molecular flexibility index (Phi) is 3.60. The second-order valence-electron chi connectivity index (χ2n) is 4.70. The van der Waals surface area contributed by atoms with Crippen LogP contribution in [0.1, 0.15) is 11.3 Å². The summed E-state index contributed by atoms with van der Waals surface area (Å²) < 4.78 is 13.2. The maximum Gasteiger partial charge on any atom is 0.233 e. The van der Waals surface area contributed by atoms with E-state index in [2.05, 4.69) is 9.97 Å². The van der Waals surface area contributed by atoms with Crippen LogP contribution in [0.15, 0.2) is 60.8 Å². The molecular formula is C17H13FN2O. The van der Waals surface area contributed by atoms with Gasteiger partial charge in [0.05, 0.1) is 11.9 Å². The average molecular weight is 280 g/mol. The van der Waals surface area contributed by atoms with E-state index in [4.69, 9.17) is 0 Å². The Hall–Kier alpha value is -2.75.